The third-order valence-electron chi connectivity index (χ3n) is 6.79. The SMILES string of the molecule is CC(C)Cc1ccc(CCCCn2c(O)cc(=O)n(CCCCc3ccc(CC(C)C)cc3)c2=O)cc1. The van der Waals surface area contributed by atoms with Crippen LogP contribution in [0.25, 0.3) is 0 Å². The van der Waals surface area contributed by atoms with E-state index in [1.165, 1.54) is 37.5 Å². The lowest BCUT2D eigenvalue weighted by Crippen LogP contribution is -2.39. The molecule has 0 aliphatic heterocycles. The van der Waals surface area contributed by atoms with E-state index in [2.05, 4.69) is 76.2 Å². The van der Waals surface area contributed by atoms with E-state index in [-0.39, 0.29) is 5.88 Å². The third kappa shape index (κ3) is 9.07. The molecule has 5 nitrogen and oxygen atoms in total. The molecular weight excluding hydrogens is 460 g/mol. The first kappa shape index (κ1) is 28.5. The van der Waals surface area contributed by atoms with Crippen LogP contribution in [-0.2, 0) is 38.8 Å². The molecule has 0 aliphatic carbocycles. The molecule has 0 atom stereocenters. The van der Waals surface area contributed by atoms with Crippen molar-refractivity contribution in [3.05, 3.63) is 97.7 Å². The lowest BCUT2D eigenvalue weighted by Gasteiger charge is -2.12. The predicted octanol–water partition coefficient (Wildman–Crippen LogP) is 6.16. The highest BCUT2D eigenvalue weighted by Gasteiger charge is 2.11. The standard InChI is InChI=1S/C32H44N2O3/c1-24(2)21-28-15-11-26(12-16-28)9-5-7-19-33-30(35)23-31(36)34(32(33)37)20-8-6-10-27-13-17-29(18-14-27)22-25(3)4/h11-18,23-25,35H,5-10,19-22H2,1-4H3. The molecule has 0 spiro atoms. The summed E-state index contributed by atoms with van der Waals surface area (Å²) < 4.78 is 2.60. The van der Waals surface area contributed by atoms with Gasteiger partial charge in [-0.15, -0.1) is 0 Å². The zero-order chi connectivity index (χ0) is 26.8. The Morgan fingerprint density at radius 1 is 0.622 bits per heavy atom. The van der Waals surface area contributed by atoms with E-state index in [9.17, 15) is 14.7 Å². The molecule has 0 saturated heterocycles. The average Bonchev–Trinajstić information content (AvgIpc) is 2.84. The Hall–Kier alpha value is -3.08. The average molecular weight is 505 g/mol. The van der Waals surface area contributed by atoms with Crippen LogP contribution in [0.1, 0.15) is 75.6 Å². The number of rotatable bonds is 14. The zero-order valence-corrected chi connectivity index (χ0v) is 23.1. The van der Waals surface area contributed by atoms with Crippen LogP contribution in [0.15, 0.2) is 64.2 Å². The van der Waals surface area contributed by atoms with Crippen molar-refractivity contribution in [2.24, 2.45) is 11.8 Å². The Labute approximate surface area is 221 Å². The molecule has 0 aliphatic rings. The molecule has 2 aromatic carbocycles. The number of hydrogen-bond acceptors (Lipinski definition) is 3. The fourth-order valence-electron chi connectivity index (χ4n) is 4.85. The summed E-state index contributed by atoms with van der Waals surface area (Å²) in [5.41, 5.74) is 4.42. The highest BCUT2D eigenvalue weighted by Crippen LogP contribution is 2.14. The molecule has 0 unspecified atom stereocenters. The zero-order valence-electron chi connectivity index (χ0n) is 23.1. The molecule has 0 radical (unpaired) electrons. The molecule has 37 heavy (non-hydrogen) atoms. The van der Waals surface area contributed by atoms with E-state index in [1.807, 2.05) is 0 Å². The first-order chi connectivity index (χ1) is 17.7. The summed E-state index contributed by atoms with van der Waals surface area (Å²) in [6, 6.07) is 18.7. The predicted molar refractivity (Wildman–Crippen MR) is 152 cm³/mol. The van der Waals surface area contributed by atoms with Crippen molar-refractivity contribution in [2.75, 3.05) is 0 Å². The summed E-state index contributed by atoms with van der Waals surface area (Å²) in [6.45, 7) is 9.66. The monoisotopic (exact) mass is 504 g/mol. The van der Waals surface area contributed by atoms with Gasteiger partial charge in [0, 0.05) is 13.1 Å². The van der Waals surface area contributed by atoms with Gasteiger partial charge in [-0.05, 0) is 85.5 Å². The molecule has 0 bridgehead atoms. The van der Waals surface area contributed by atoms with Gasteiger partial charge < -0.3 is 5.11 Å². The molecule has 1 heterocycles. The molecule has 1 N–H and O–H groups in total. The second-order valence-electron chi connectivity index (χ2n) is 11.2. The first-order valence-electron chi connectivity index (χ1n) is 13.9. The van der Waals surface area contributed by atoms with Gasteiger partial charge in [-0.1, -0.05) is 76.2 Å². The second kappa shape index (κ2) is 14.0. The number of aromatic nitrogens is 2. The third-order valence-corrected chi connectivity index (χ3v) is 6.79. The number of unbranched alkanes of at least 4 members (excludes halogenated alkanes) is 2. The molecule has 0 saturated carbocycles. The second-order valence-corrected chi connectivity index (χ2v) is 11.2. The maximum atomic E-state index is 13.0. The summed E-state index contributed by atoms with van der Waals surface area (Å²) in [5.74, 6) is 1.04. The maximum Gasteiger partial charge on any atom is 0.333 e. The van der Waals surface area contributed by atoms with Gasteiger partial charge in [0.1, 0.15) is 0 Å². The van der Waals surface area contributed by atoms with Crippen molar-refractivity contribution in [1.82, 2.24) is 9.13 Å². The summed E-state index contributed by atoms with van der Waals surface area (Å²) in [6.07, 6.45) is 7.31. The highest BCUT2D eigenvalue weighted by molar-refractivity contribution is 5.23. The fraction of sp³-hybridized carbons (Fsp3) is 0.500. The minimum Gasteiger partial charge on any atom is -0.494 e. The van der Waals surface area contributed by atoms with E-state index < -0.39 is 11.2 Å². The van der Waals surface area contributed by atoms with Gasteiger partial charge in [-0.25, -0.2) is 4.79 Å². The summed E-state index contributed by atoms with van der Waals surface area (Å²) in [5, 5.41) is 10.3. The van der Waals surface area contributed by atoms with Crippen molar-refractivity contribution in [2.45, 2.75) is 92.2 Å². The van der Waals surface area contributed by atoms with Gasteiger partial charge in [-0.2, -0.15) is 0 Å². The van der Waals surface area contributed by atoms with E-state index in [0.29, 0.717) is 24.9 Å². The van der Waals surface area contributed by atoms with Gasteiger partial charge in [0.15, 0.2) is 0 Å². The van der Waals surface area contributed by atoms with Crippen LogP contribution in [-0.4, -0.2) is 14.2 Å². The van der Waals surface area contributed by atoms with Gasteiger partial charge in [0.2, 0.25) is 5.88 Å². The first-order valence-corrected chi connectivity index (χ1v) is 13.9. The lowest BCUT2D eigenvalue weighted by molar-refractivity contribution is 0.380. The minimum absolute atomic E-state index is 0.245. The summed E-state index contributed by atoms with van der Waals surface area (Å²) >= 11 is 0. The van der Waals surface area contributed by atoms with E-state index in [1.54, 1.807) is 0 Å². The van der Waals surface area contributed by atoms with Crippen LogP contribution in [0, 0.1) is 11.8 Å². The number of benzene rings is 2. The summed E-state index contributed by atoms with van der Waals surface area (Å²) in [7, 11) is 0. The van der Waals surface area contributed by atoms with Gasteiger partial charge >= 0.3 is 5.69 Å². The van der Waals surface area contributed by atoms with Crippen molar-refractivity contribution in [1.29, 1.82) is 0 Å². The lowest BCUT2D eigenvalue weighted by atomic mass is 10.00. The number of aryl methyl sites for hydroxylation is 2. The van der Waals surface area contributed by atoms with E-state index in [4.69, 9.17) is 0 Å². The molecule has 1 aromatic heterocycles. The van der Waals surface area contributed by atoms with Gasteiger partial charge in [0.25, 0.3) is 5.56 Å². The van der Waals surface area contributed by atoms with Crippen LogP contribution < -0.4 is 11.2 Å². The van der Waals surface area contributed by atoms with E-state index in [0.717, 1.165) is 51.4 Å². The number of nitrogens with zero attached hydrogens (tertiary/aromatic N) is 2. The molecule has 3 aromatic rings. The Bertz CT molecular complexity index is 1220. The Kier molecular flexibility index (Phi) is 10.8. The van der Waals surface area contributed by atoms with Crippen LogP contribution in [0.3, 0.4) is 0 Å². The molecule has 5 heteroatoms. The quantitative estimate of drug-likeness (QED) is 0.268. The molecule has 200 valence electrons. The van der Waals surface area contributed by atoms with Crippen LogP contribution >= 0.6 is 0 Å². The topological polar surface area (TPSA) is 64.2 Å². The van der Waals surface area contributed by atoms with Crippen LogP contribution in [0.5, 0.6) is 5.88 Å². The largest absolute Gasteiger partial charge is 0.494 e. The summed E-state index contributed by atoms with van der Waals surface area (Å²) in [4.78, 5) is 25.4. The van der Waals surface area contributed by atoms with Gasteiger partial charge in [-0.3, -0.25) is 13.9 Å². The van der Waals surface area contributed by atoms with Crippen LogP contribution in [0.2, 0.25) is 0 Å². The van der Waals surface area contributed by atoms with Gasteiger partial charge in [0.05, 0.1) is 6.07 Å². The van der Waals surface area contributed by atoms with Crippen molar-refractivity contribution >= 4 is 0 Å². The fourth-order valence-corrected chi connectivity index (χ4v) is 4.85. The van der Waals surface area contributed by atoms with Crippen molar-refractivity contribution in [3.63, 3.8) is 0 Å². The molecule has 0 amide bonds. The Morgan fingerprint density at radius 3 is 1.46 bits per heavy atom. The minimum atomic E-state index is -0.432. The Morgan fingerprint density at radius 2 is 1.03 bits per heavy atom. The van der Waals surface area contributed by atoms with Crippen LogP contribution in [0.4, 0.5) is 0 Å². The highest BCUT2D eigenvalue weighted by atomic mass is 16.3. The maximum absolute atomic E-state index is 13.0. The molecule has 0 fully saturated rings. The number of aromatic hydroxyl groups is 1. The van der Waals surface area contributed by atoms with Crippen molar-refractivity contribution in [3.8, 4) is 5.88 Å². The normalized spacial score (nSPS) is 11.5. The number of hydrogen-bond donors (Lipinski definition) is 1. The van der Waals surface area contributed by atoms with Crippen molar-refractivity contribution < 1.29 is 5.11 Å². The molecular formula is C32H44N2O3. The molecule has 3 rings (SSSR count). The smallest absolute Gasteiger partial charge is 0.333 e. The van der Waals surface area contributed by atoms with E-state index >= 15 is 0 Å². The Balaban J connectivity index is 1.49.